The van der Waals surface area contributed by atoms with Crippen molar-refractivity contribution in [2.24, 2.45) is 0 Å². The van der Waals surface area contributed by atoms with Crippen molar-refractivity contribution >= 4 is 109 Å². The topological polar surface area (TPSA) is 48.8 Å². The zero-order valence-corrected chi connectivity index (χ0v) is 29.2. The van der Waals surface area contributed by atoms with Gasteiger partial charge in [-0.3, -0.25) is 4.57 Å². The summed E-state index contributed by atoms with van der Waals surface area (Å²) in [5.41, 5.74) is 11.1. The Morgan fingerprint density at radius 1 is 0.382 bits per heavy atom. The van der Waals surface area contributed by atoms with Crippen molar-refractivity contribution in [1.29, 1.82) is 0 Å². The molecule has 55 heavy (non-hydrogen) atoms. The SMILES string of the molecule is c1ccc(-n2c3ccc4ccc5ccc6c7c5c4c3c3c4c(ccc32)ccc(c47)n6-c2nc3ccccc3nc2-c2ccc3oc4ccccc4c3c2)cc1. The zero-order chi connectivity index (χ0) is 35.5. The summed E-state index contributed by atoms with van der Waals surface area (Å²) >= 11 is 0. The van der Waals surface area contributed by atoms with E-state index in [0.717, 1.165) is 66.8 Å². The Kier molecular flexibility index (Phi) is 4.96. The highest BCUT2D eigenvalue weighted by molar-refractivity contribution is 6.45. The van der Waals surface area contributed by atoms with Gasteiger partial charge in [0.15, 0.2) is 5.82 Å². The van der Waals surface area contributed by atoms with E-state index in [0.29, 0.717) is 0 Å². The Morgan fingerprint density at radius 3 is 1.55 bits per heavy atom. The van der Waals surface area contributed by atoms with E-state index in [1.165, 1.54) is 64.9 Å². The quantitative estimate of drug-likeness (QED) is 0.173. The van der Waals surface area contributed by atoms with Crippen LogP contribution >= 0.6 is 0 Å². The van der Waals surface area contributed by atoms with E-state index in [2.05, 4.69) is 143 Å². The first-order valence-corrected chi connectivity index (χ1v) is 18.8. The molecule has 0 spiro atoms. The molecule has 0 atom stereocenters. The number of benzene rings is 9. The molecule has 0 amide bonds. The average molecular weight is 699 g/mol. The van der Waals surface area contributed by atoms with Gasteiger partial charge in [0.1, 0.15) is 16.9 Å². The third-order valence-electron chi connectivity index (χ3n) is 12.2. The summed E-state index contributed by atoms with van der Waals surface area (Å²) in [4.78, 5) is 10.9. The predicted octanol–water partition coefficient (Wildman–Crippen LogP) is 13.2. The van der Waals surface area contributed by atoms with Crippen LogP contribution in [0, 0.1) is 0 Å². The predicted molar refractivity (Wildman–Crippen MR) is 227 cm³/mol. The first-order valence-electron chi connectivity index (χ1n) is 18.8. The Morgan fingerprint density at radius 2 is 0.891 bits per heavy atom. The van der Waals surface area contributed by atoms with Crippen molar-refractivity contribution in [3.05, 3.63) is 158 Å². The van der Waals surface area contributed by atoms with Crippen molar-refractivity contribution in [2.45, 2.75) is 0 Å². The van der Waals surface area contributed by atoms with Crippen LogP contribution in [-0.2, 0) is 0 Å². The zero-order valence-electron chi connectivity index (χ0n) is 29.2. The van der Waals surface area contributed by atoms with E-state index in [-0.39, 0.29) is 0 Å². The molecule has 14 aromatic rings. The summed E-state index contributed by atoms with van der Waals surface area (Å²) in [5, 5.41) is 14.9. The number of hydrogen-bond donors (Lipinski definition) is 0. The Balaban J connectivity index is 1.20. The molecule has 0 saturated heterocycles. The standard InChI is InChI=1S/C50H26N4O/c1-2-8-31(9-3-1)53-36-21-16-27-14-15-28-18-23-38-47-43(28)42(27)45(36)46-37(53)22-17-29-19-24-39(48(47)44(29)46)54(38)50-49(51-34-11-5-6-12-35(34)52-50)30-20-25-41-33(26-30)32-10-4-7-13-40(32)55-41/h1-26H. The van der Waals surface area contributed by atoms with E-state index in [1.54, 1.807) is 0 Å². The lowest BCUT2D eigenvalue weighted by Gasteiger charge is -2.15. The number of nitrogens with zero attached hydrogens (tertiary/aromatic N) is 4. The number of furan rings is 1. The van der Waals surface area contributed by atoms with E-state index < -0.39 is 0 Å². The maximum Gasteiger partial charge on any atom is 0.165 e. The van der Waals surface area contributed by atoms with E-state index in [4.69, 9.17) is 14.4 Å². The van der Waals surface area contributed by atoms with Gasteiger partial charge in [-0.1, -0.05) is 84.9 Å². The van der Waals surface area contributed by atoms with E-state index in [9.17, 15) is 0 Å². The summed E-state index contributed by atoms with van der Waals surface area (Å²) in [5.74, 6) is 0.810. The molecule has 0 aliphatic rings. The Bertz CT molecular complexity index is 3890. The maximum atomic E-state index is 6.26. The van der Waals surface area contributed by atoms with Crippen LogP contribution in [0.3, 0.4) is 0 Å². The number of para-hydroxylation sites is 4. The lowest BCUT2D eigenvalue weighted by Crippen LogP contribution is -2.03. The van der Waals surface area contributed by atoms with Crippen LogP contribution in [0.5, 0.6) is 0 Å². The number of fused-ring (bicyclic) bond motifs is 4. The third kappa shape index (κ3) is 3.40. The summed E-state index contributed by atoms with van der Waals surface area (Å²) in [6.07, 6.45) is 0. The molecule has 5 heteroatoms. The van der Waals surface area contributed by atoms with Crippen molar-refractivity contribution in [3.63, 3.8) is 0 Å². The fourth-order valence-corrected chi connectivity index (χ4v) is 9.92. The molecule has 0 saturated carbocycles. The minimum absolute atomic E-state index is 0.810. The third-order valence-corrected chi connectivity index (χ3v) is 12.2. The number of aromatic nitrogens is 4. The molecule has 0 unspecified atom stereocenters. The second kappa shape index (κ2) is 9.72. The second-order valence-corrected chi connectivity index (χ2v) is 14.9. The van der Waals surface area contributed by atoms with Crippen molar-refractivity contribution < 1.29 is 4.42 Å². The average Bonchev–Trinajstić information content (AvgIpc) is 3.87. The lowest BCUT2D eigenvalue weighted by atomic mass is 9.96. The van der Waals surface area contributed by atoms with Crippen LogP contribution in [0.15, 0.2) is 162 Å². The van der Waals surface area contributed by atoms with Crippen LogP contribution in [0.2, 0.25) is 0 Å². The van der Waals surface area contributed by atoms with Crippen LogP contribution < -0.4 is 0 Å². The van der Waals surface area contributed by atoms with Gasteiger partial charge in [0.05, 0.1) is 33.1 Å². The molecule has 0 radical (unpaired) electrons. The van der Waals surface area contributed by atoms with Gasteiger partial charge in [-0.05, 0) is 89.0 Å². The van der Waals surface area contributed by atoms with Gasteiger partial charge in [0.2, 0.25) is 0 Å². The summed E-state index contributed by atoms with van der Waals surface area (Å²) in [6.45, 7) is 0. The molecule has 4 heterocycles. The molecule has 0 N–H and O–H groups in total. The number of hydrogen-bond acceptors (Lipinski definition) is 3. The minimum atomic E-state index is 0.810. The molecule has 14 rings (SSSR count). The monoisotopic (exact) mass is 698 g/mol. The maximum absolute atomic E-state index is 6.26. The van der Waals surface area contributed by atoms with Crippen LogP contribution in [0.25, 0.3) is 132 Å². The molecule has 252 valence electrons. The summed E-state index contributed by atoms with van der Waals surface area (Å²) < 4.78 is 11.1. The normalized spacial score (nSPS) is 12.7. The fourth-order valence-electron chi connectivity index (χ4n) is 9.92. The highest BCUT2D eigenvalue weighted by atomic mass is 16.3. The number of rotatable bonds is 3. The summed E-state index contributed by atoms with van der Waals surface area (Å²) in [7, 11) is 0. The smallest absolute Gasteiger partial charge is 0.165 e. The molecule has 0 bridgehead atoms. The molecular formula is C50H26N4O. The molecule has 0 fully saturated rings. The first kappa shape index (κ1) is 28.1. The van der Waals surface area contributed by atoms with Crippen molar-refractivity contribution in [1.82, 2.24) is 19.1 Å². The molecule has 0 aliphatic carbocycles. The first-order chi connectivity index (χ1) is 27.3. The lowest BCUT2D eigenvalue weighted by molar-refractivity contribution is 0.669. The van der Waals surface area contributed by atoms with Gasteiger partial charge in [0, 0.05) is 59.7 Å². The highest BCUT2D eigenvalue weighted by Gasteiger charge is 2.28. The molecule has 0 aliphatic heterocycles. The van der Waals surface area contributed by atoms with Crippen molar-refractivity contribution in [3.8, 4) is 22.8 Å². The molecule has 4 aromatic heterocycles. The van der Waals surface area contributed by atoms with Crippen LogP contribution in [-0.4, -0.2) is 19.1 Å². The van der Waals surface area contributed by atoms with Crippen molar-refractivity contribution in [2.75, 3.05) is 0 Å². The Labute approximate surface area is 311 Å². The van der Waals surface area contributed by atoms with Gasteiger partial charge in [-0.25, -0.2) is 9.97 Å². The fraction of sp³-hybridized carbons (Fsp3) is 0. The van der Waals surface area contributed by atoms with Gasteiger partial charge in [0.25, 0.3) is 0 Å². The molecular weight excluding hydrogens is 673 g/mol. The second-order valence-electron chi connectivity index (χ2n) is 14.9. The van der Waals surface area contributed by atoms with Gasteiger partial charge in [-0.15, -0.1) is 0 Å². The van der Waals surface area contributed by atoms with E-state index >= 15 is 0 Å². The van der Waals surface area contributed by atoms with Gasteiger partial charge < -0.3 is 8.98 Å². The molecule has 10 aromatic carbocycles. The van der Waals surface area contributed by atoms with Crippen LogP contribution in [0.4, 0.5) is 0 Å². The summed E-state index contributed by atoms with van der Waals surface area (Å²) in [6, 6.07) is 56.6. The molecule has 5 nitrogen and oxygen atoms in total. The van der Waals surface area contributed by atoms with Gasteiger partial charge >= 0.3 is 0 Å². The van der Waals surface area contributed by atoms with E-state index in [1.807, 2.05) is 24.3 Å². The van der Waals surface area contributed by atoms with Gasteiger partial charge in [-0.2, -0.15) is 0 Å². The highest BCUT2D eigenvalue weighted by Crippen LogP contribution is 2.52. The van der Waals surface area contributed by atoms with Crippen LogP contribution in [0.1, 0.15) is 0 Å². The Hall–Kier alpha value is -7.50. The minimum Gasteiger partial charge on any atom is -0.456 e. The largest absolute Gasteiger partial charge is 0.456 e.